The van der Waals surface area contributed by atoms with E-state index in [2.05, 4.69) is 4.74 Å². The van der Waals surface area contributed by atoms with Crippen molar-refractivity contribution in [1.29, 1.82) is 0 Å². The van der Waals surface area contributed by atoms with Gasteiger partial charge in [-0.3, -0.25) is 15.4 Å². The third kappa shape index (κ3) is 4.59. The van der Waals surface area contributed by atoms with E-state index < -0.39 is 15.8 Å². The summed E-state index contributed by atoms with van der Waals surface area (Å²) in [6, 6.07) is 0. The lowest BCUT2D eigenvalue weighted by Crippen LogP contribution is -2.50. The molecule has 0 atom stereocenters. The van der Waals surface area contributed by atoms with E-state index in [1.165, 1.54) is 12.0 Å². The zero-order valence-corrected chi connectivity index (χ0v) is 11.0. The van der Waals surface area contributed by atoms with E-state index in [0.29, 0.717) is 0 Å². The van der Waals surface area contributed by atoms with Crippen LogP contribution in [0.1, 0.15) is 0 Å². The molecule has 0 aliphatic carbocycles. The van der Waals surface area contributed by atoms with Gasteiger partial charge in [-0.2, -0.15) is 0 Å². The molecule has 2 N–H and O–H groups in total. The van der Waals surface area contributed by atoms with Crippen LogP contribution in [0.15, 0.2) is 0 Å². The summed E-state index contributed by atoms with van der Waals surface area (Å²) < 4.78 is 26.8. The van der Waals surface area contributed by atoms with Crippen molar-refractivity contribution in [1.82, 2.24) is 9.91 Å². The van der Waals surface area contributed by atoms with Crippen LogP contribution >= 0.6 is 0 Å². The Morgan fingerprint density at radius 2 is 1.83 bits per heavy atom. The molecule has 0 radical (unpaired) electrons. The largest absolute Gasteiger partial charge is 0.468 e. The van der Waals surface area contributed by atoms with Gasteiger partial charge < -0.3 is 9.64 Å². The van der Waals surface area contributed by atoms with Gasteiger partial charge in [-0.1, -0.05) is 0 Å². The minimum Gasteiger partial charge on any atom is -0.468 e. The van der Waals surface area contributed by atoms with Gasteiger partial charge in [0.05, 0.1) is 25.2 Å². The lowest BCUT2D eigenvalue weighted by Gasteiger charge is -2.28. The van der Waals surface area contributed by atoms with Crippen LogP contribution in [0.3, 0.4) is 0 Å². The fraction of sp³-hybridized carbons (Fsp3) is 0.778. The Kier molecular flexibility index (Phi) is 5.05. The first-order valence-electron chi connectivity index (χ1n) is 5.39. The van der Waals surface area contributed by atoms with Crippen LogP contribution in [-0.4, -0.2) is 75.0 Å². The number of esters is 1. The molecule has 1 aliphatic rings. The fourth-order valence-corrected chi connectivity index (χ4v) is 2.72. The standard InChI is InChI=1S/C9H17N3O5S/c1-17-9(14)7-12(10)6-8(13)11-2-4-18(15,16)5-3-11/h2-7,10H2,1H3. The number of nitrogens with two attached hydrogens (primary N) is 1. The number of methoxy groups -OCH3 is 1. The first kappa shape index (κ1) is 14.9. The average Bonchev–Trinajstić information content (AvgIpc) is 2.28. The summed E-state index contributed by atoms with van der Waals surface area (Å²) in [6.07, 6.45) is 0. The molecule has 1 saturated heterocycles. The number of hydrogen-bond donors (Lipinski definition) is 1. The monoisotopic (exact) mass is 279 g/mol. The Balaban J connectivity index is 2.40. The molecule has 18 heavy (non-hydrogen) atoms. The molecule has 0 spiro atoms. The van der Waals surface area contributed by atoms with Crippen molar-refractivity contribution in [2.24, 2.45) is 5.84 Å². The van der Waals surface area contributed by atoms with E-state index in [-0.39, 0.29) is 43.6 Å². The molecule has 0 aromatic heterocycles. The zero-order chi connectivity index (χ0) is 13.8. The van der Waals surface area contributed by atoms with Crippen molar-refractivity contribution >= 4 is 21.7 Å². The quantitative estimate of drug-likeness (QED) is 0.347. The SMILES string of the molecule is COC(=O)CN(N)CC(=O)N1CCS(=O)(=O)CC1. The van der Waals surface area contributed by atoms with Crippen LogP contribution in [0.5, 0.6) is 0 Å². The molecule has 0 bridgehead atoms. The average molecular weight is 279 g/mol. The normalized spacial score (nSPS) is 18.7. The third-order valence-corrected chi connectivity index (χ3v) is 4.20. The van der Waals surface area contributed by atoms with Crippen molar-refractivity contribution in [2.75, 3.05) is 44.8 Å². The second-order valence-electron chi connectivity index (χ2n) is 4.01. The number of sulfone groups is 1. The second kappa shape index (κ2) is 6.12. The summed E-state index contributed by atoms with van der Waals surface area (Å²) in [7, 11) is -1.78. The number of rotatable bonds is 4. The predicted molar refractivity (Wildman–Crippen MR) is 63.0 cm³/mol. The van der Waals surface area contributed by atoms with Gasteiger partial charge >= 0.3 is 5.97 Å². The number of carbonyl (C=O) groups is 2. The number of amides is 1. The topological polar surface area (TPSA) is 110 Å². The lowest BCUT2D eigenvalue weighted by molar-refractivity contribution is -0.143. The number of nitrogens with zero attached hydrogens (tertiary/aromatic N) is 2. The van der Waals surface area contributed by atoms with Gasteiger partial charge in [0.15, 0.2) is 9.84 Å². The Morgan fingerprint density at radius 1 is 1.28 bits per heavy atom. The smallest absolute Gasteiger partial charge is 0.321 e. The first-order valence-corrected chi connectivity index (χ1v) is 7.21. The number of hydrogen-bond acceptors (Lipinski definition) is 7. The Hall–Kier alpha value is -1.19. The predicted octanol–water partition coefficient (Wildman–Crippen LogP) is -2.41. The van der Waals surface area contributed by atoms with Gasteiger partial charge in [0, 0.05) is 13.1 Å². The highest BCUT2D eigenvalue weighted by atomic mass is 32.2. The van der Waals surface area contributed by atoms with Gasteiger partial charge in [-0.05, 0) is 0 Å². The molecule has 9 heteroatoms. The maximum Gasteiger partial charge on any atom is 0.321 e. The summed E-state index contributed by atoms with van der Waals surface area (Å²) in [5, 5.41) is 1.04. The summed E-state index contributed by atoms with van der Waals surface area (Å²) >= 11 is 0. The molecule has 1 rings (SSSR count). The summed E-state index contributed by atoms with van der Waals surface area (Å²) in [6.45, 7) is 0.0178. The molecule has 1 aliphatic heterocycles. The van der Waals surface area contributed by atoms with E-state index in [9.17, 15) is 18.0 Å². The highest BCUT2D eigenvalue weighted by Crippen LogP contribution is 2.04. The van der Waals surface area contributed by atoms with Crippen LogP contribution < -0.4 is 5.84 Å². The van der Waals surface area contributed by atoms with Gasteiger partial charge in [-0.15, -0.1) is 0 Å². The molecular weight excluding hydrogens is 262 g/mol. The molecular formula is C9H17N3O5S. The minimum absolute atomic E-state index is 0.0275. The van der Waals surface area contributed by atoms with Crippen molar-refractivity contribution < 1.29 is 22.7 Å². The molecule has 1 heterocycles. The van der Waals surface area contributed by atoms with Crippen molar-refractivity contribution in [2.45, 2.75) is 0 Å². The fourth-order valence-electron chi connectivity index (χ4n) is 1.52. The Bertz CT molecular complexity index is 408. The second-order valence-corrected chi connectivity index (χ2v) is 6.32. The van der Waals surface area contributed by atoms with E-state index in [1.807, 2.05) is 0 Å². The van der Waals surface area contributed by atoms with Gasteiger partial charge in [0.25, 0.3) is 0 Å². The van der Waals surface area contributed by atoms with E-state index in [1.54, 1.807) is 0 Å². The number of ether oxygens (including phenoxy) is 1. The highest BCUT2D eigenvalue weighted by molar-refractivity contribution is 7.91. The van der Waals surface area contributed by atoms with Crippen LogP contribution in [0, 0.1) is 0 Å². The van der Waals surface area contributed by atoms with E-state index in [0.717, 1.165) is 5.01 Å². The van der Waals surface area contributed by atoms with Crippen LogP contribution in [0.2, 0.25) is 0 Å². The Morgan fingerprint density at radius 3 is 2.33 bits per heavy atom. The third-order valence-electron chi connectivity index (χ3n) is 2.60. The van der Waals surface area contributed by atoms with Gasteiger partial charge in [-0.25, -0.2) is 13.4 Å². The first-order chi connectivity index (χ1) is 8.34. The summed E-state index contributed by atoms with van der Waals surface area (Å²) in [5.41, 5.74) is 0. The summed E-state index contributed by atoms with van der Waals surface area (Å²) in [5.74, 6) is 4.59. The molecule has 0 aromatic carbocycles. The van der Waals surface area contributed by atoms with Gasteiger partial charge in [0.2, 0.25) is 5.91 Å². The van der Waals surface area contributed by atoms with Crippen molar-refractivity contribution in [3.63, 3.8) is 0 Å². The molecule has 0 saturated carbocycles. The highest BCUT2D eigenvalue weighted by Gasteiger charge is 2.25. The molecule has 0 unspecified atom stereocenters. The zero-order valence-electron chi connectivity index (χ0n) is 10.2. The molecule has 0 aromatic rings. The van der Waals surface area contributed by atoms with Crippen molar-refractivity contribution in [3.8, 4) is 0 Å². The number of hydrazine groups is 1. The van der Waals surface area contributed by atoms with Crippen LogP contribution in [0.25, 0.3) is 0 Å². The van der Waals surface area contributed by atoms with E-state index in [4.69, 9.17) is 5.84 Å². The maximum atomic E-state index is 11.7. The molecule has 1 amide bonds. The number of carbonyl (C=O) groups excluding carboxylic acids is 2. The minimum atomic E-state index is -3.01. The van der Waals surface area contributed by atoms with E-state index >= 15 is 0 Å². The van der Waals surface area contributed by atoms with Crippen LogP contribution in [-0.2, 0) is 24.2 Å². The molecule has 104 valence electrons. The molecule has 8 nitrogen and oxygen atoms in total. The summed E-state index contributed by atoms with van der Waals surface area (Å²) in [4.78, 5) is 24.1. The maximum absolute atomic E-state index is 11.7. The molecule has 1 fully saturated rings. The van der Waals surface area contributed by atoms with Crippen molar-refractivity contribution in [3.05, 3.63) is 0 Å². The lowest BCUT2D eigenvalue weighted by atomic mass is 10.4. The van der Waals surface area contributed by atoms with Crippen LogP contribution in [0.4, 0.5) is 0 Å². The Labute approximate surface area is 106 Å². The van der Waals surface area contributed by atoms with Gasteiger partial charge in [0.1, 0.15) is 6.54 Å².